The van der Waals surface area contributed by atoms with E-state index in [4.69, 9.17) is 0 Å². The molecule has 3 aromatic carbocycles. The first-order valence-corrected chi connectivity index (χ1v) is 8.86. The summed E-state index contributed by atoms with van der Waals surface area (Å²) < 4.78 is 0. The van der Waals surface area contributed by atoms with Crippen molar-refractivity contribution in [3.8, 4) is 0 Å². The van der Waals surface area contributed by atoms with Crippen LogP contribution in [-0.2, 0) is 10.2 Å². The Kier molecular flexibility index (Phi) is 4.00. The van der Waals surface area contributed by atoms with E-state index in [0.29, 0.717) is 0 Å². The fourth-order valence-corrected chi connectivity index (χ4v) is 3.96. The lowest BCUT2D eigenvalue weighted by Gasteiger charge is -2.35. The molecule has 1 aliphatic heterocycles. The van der Waals surface area contributed by atoms with E-state index in [9.17, 15) is 4.79 Å². The summed E-state index contributed by atoms with van der Waals surface area (Å²) in [6.45, 7) is 2.05. The van der Waals surface area contributed by atoms with Crippen molar-refractivity contribution in [3.05, 3.63) is 96.1 Å². The molecule has 3 heteroatoms. The van der Waals surface area contributed by atoms with Crippen molar-refractivity contribution in [3.63, 3.8) is 0 Å². The van der Waals surface area contributed by atoms with Crippen molar-refractivity contribution in [2.75, 3.05) is 17.3 Å². The molecule has 1 N–H and O–H groups in total. The lowest BCUT2D eigenvalue weighted by Crippen LogP contribution is -2.44. The van der Waals surface area contributed by atoms with Crippen LogP contribution in [-0.4, -0.2) is 13.0 Å². The van der Waals surface area contributed by atoms with Crippen molar-refractivity contribution in [2.24, 2.45) is 0 Å². The number of hydrogen-bond acceptors (Lipinski definition) is 2. The first-order chi connectivity index (χ1) is 12.6. The van der Waals surface area contributed by atoms with Crippen LogP contribution in [0.4, 0.5) is 11.4 Å². The molecule has 0 aliphatic carbocycles. The molecule has 26 heavy (non-hydrogen) atoms. The average molecular weight is 342 g/mol. The lowest BCUT2D eigenvalue weighted by molar-refractivity contribution is -0.122. The summed E-state index contributed by atoms with van der Waals surface area (Å²) in [5, 5.41) is 3.62. The van der Waals surface area contributed by atoms with Crippen molar-refractivity contribution in [2.45, 2.75) is 18.4 Å². The second kappa shape index (κ2) is 6.34. The molecule has 4 rings (SSSR count). The van der Waals surface area contributed by atoms with Crippen LogP contribution >= 0.6 is 0 Å². The molecule has 3 aromatic rings. The zero-order chi connectivity index (χ0) is 18.1. The maximum Gasteiger partial charge on any atom is 0.239 e. The molecule has 0 aromatic heterocycles. The van der Waals surface area contributed by atoms with Gasteiger partial charge >= 0.3 is 0 Å². The molecule has 0 saturated heterocycles. The Morgan fingerprint density at radius 1 is 0.846 bits per heavy atom. The molecular formula is C23H22N2O. The molecule has 3 nitrogen and oxygen atoms in total. The van der Waals surface area contributed by atoms with E-state index in [1.165, 1.54) is 0 Å². The standard InChI is InChI=1S/C23H22N2O/c1-23(19-15-9-10-16-20(19)25(2)22(23)26)21(17-11-5-3-6-12-17)24-18-13-7-4-8-14-18/h3-16,21,24H,1-2H3. The maximum absolute atomic E-state index is 13.4. The van der Waals surface area contributed by atoms with E-state index < -0.39 is 5.41 Å². The normalized spacial score (nSPS) is 19.9. The molecule has 0 fully saturated rings. The number of benzene rings is 3. The smallest absolute Gasteiger partial charge is 0.239 e. The zero-order valence-electron chi connectivity index (χ0n) is 15.0. The first kappa shape index (κ1) is 16.4. The van der Waals surface area contributed by atoms with Crippen LogP contribution in [0.25, 0.3) is 0 Å². The van der Waals surface area contributed by atoms with Crippen LogP contribution in [0.3, 0.4) is 0 Å². The largest absolute Gasteiger partial charge is 0.377 e. The number of anilines is 2. The summed E-state index contributed by atoms with van der Waals surface area (Å²) in [6.07, 6.45) is 0. The minimum atomic E-state index is -0.692. The second-order valence-corrected chi connectivity index (χ2v) is 6.94. The number of nitrogens with one attached hydrogen (secondary N) is 1. The molecule has 0 saturated carbocycles. The number of fused-ring (bicyclic) bond motifs is 1. The third-order valence-electron chi connectivity index (χ3n) is 5.37. The highest BCUT2D eigenvalue weighted by atomic mass is 16.2. The number of para-hydroxylation sites is 2. The predicted molar refractivity (Wildman–Crippen MR) is 106 cm³/mol. The van der Waals surface area contributed by atoms with Gasteiger partial charge in [0.1, 0.15) is 0 Å². The zero-order valence-corrected chi connectivity index (χ0v) is 15.0. The van der Waals surface area contributed by atoms with Gasteiger partial charge in [0.05, 0.1) is 11.5 Å². The summed E-state index contributed by atoms with van der Waals surface area (Å²) in [6, 6.07) is 28.2. The molecule has 0 radical (unpaired) electrons. The Labute approximate surface area is 154 Å². The second-order valence-electron chi connectivity index (χ2n) is 6.94. The Balaban J connectivity index is 1.87. The van der Waals surface area contributed by atoms with Crippen LogP contribution in [0.1, 0.15) is 24.1 Å². The minimum Gasteiger partial charge on any atom is -0.377 e. The summed E-state index contributed by atoms with van der Waals surface area (Å²) >= 11 is 0. The average Bonchev–Trinajstić information content (AvgIpc) is 2.90. The number of rotatable bonds is 4. The number of nitrogens with zero attached hydrogens (tertiary/aromatic N) is 1. The van der Waals surface area contributed by atoms with Gasteiger partial charge in [-0.3, -0.25) is 4.79 Å². The highest BCUT2D eigenvalue weighted by molar-refractivity contribution is 6.08. The minimum absolute atomic E-state index is 0.107. The van der Waals surface area contributed by atoms with Gasteiger partial charge in [0.2, 0.25) is 5.91 Å². The quantitative estimate of drug-likeness (QED) is 0.740. The third-order valence-corrected chi connectivity index (χ3v) is 5.37. The molecule has 2 atom stereocenters. The number of hydrogen-bond donors (Lipinski definition) is 1. The van der Waals surface area contributed by atoms with Crippen LogP contribution in [0.15, 0.2) is 84.9 Å². The van der Waals surface area contributed by atoms with Crippen molar-refractivity contribution in [1.82, 2.24) is 0 Å². The molecule has 2 unspecified atom stereocenters. The van der Waals surface area contributed by atoms with Gasteiger partial charge in [-0.2, -0.15) is 0 Å². The number of likely N-dealkylation sites (N-methyl/N-ethyl adjacent to an activating group) is 1. The summed E-state index contributed by atoms with van der Waals surface area (Å²) in [5.74, 6) is 0.107. The highest BCUT2D eigenvalue weighted by Crippen LogP contribution is 2.49. The van der Waals surface area contributed by atoms with E-state index in [-0.39, 0.29) is 11.9 Å². The van der Waals surface area contributed by atoms with Gasteiger partial charge in [-0.25, -0.2) is 0 Å². The molecule has 0 bridgehead atoms. The van der Waals surface area contributed by atoms with Gasteiger partial charge in [0.25, 0.3) is 0 Å². The molecule has 1 aliphatic rings. The fourth-order valence-electron chi connectivity index (χ4n) is 3.96. The maximum atomic E-state index is 13.4. The number of amides is 1. The van der Waals surface area contributed by atoms with Gasteiger partial charge in [0.15, 0.2) is 0 Å². The number of carbonyl (C=O) groups excluding carboxylic acids is 1. The van der Waals surface area contributed by atoms with E-state index in [2.05, 4.69) is 23.5 Å². The van der Waals surface area contributed by atoms with Gasteiger partial charge < -0.3 is 10.2 Å². The number of carbonyl (C=O) groups is 1. The Morgan fingerprint density at radius 2 is 1.42 bits per heavy atom. The molecule has 0 spiro atoms. The van der Waals surface area contributed by atoms with Gasteiger partial charge in [-0.15, -0.1) is 0 Å². The van der Waals surface area contributed by atoms with Crippen molar-refractivity contribution in [1.29, 1.82) is 0 Å². The fraction of sp³-hybridized carbons (Fsp3) is 0.174. The predicted octanol–water partition coefficient (Wildman–Crippen LogP) is 4.77. The Bertz CT molecular complexity index is 923. The van der Waals surface area contributed by atoms with Crippen LogP contribution in [0.5, 0.6) is 0 Å². The summed E-state index contributed by atoms with van der Waals surface area (Å²) in [5.41, 5.74) is 3.45. The van der Waals surface area contributed by atoms with Gasteiger partial charge in [-0.1, -0.05) is 66.7 Å². The van der Waals surface area contributed by atoms with E-state index in [1.54, 1.807) is 4.90 Å². The van der Waals surface area contributed by atoms with Gasteiger partial charge in [0, 0.05) is 18.4 Å². The van der Waals surface area contributed by atoms with Crippen LogP contribution in [0, 0.1) is 0 Å². The lowest BCUT2D eigenvalue weighted by atomic mass is 9.74. The highest BCUT2D eigenvalue weighted by Gasteiger charge is 2.51. The van der Waals surface area contributed by atoms with E-state index in [0.717, 1.165) is 22.5 Å². The molecule has 1 amide bonds. The molecule has 1 heterocycles. The van der Waals surface area contributed by atoms with Crippen LogP contribution in [0.2, 0.25) is 0 Å². The van der Waals surface area contributed by atoms with Crippen LogP contribution < -0.4 is 10.2 Å². The molecular weight excluding hydrogens is 320 g/mol. The third kappa shape index (κ3) is 2.48. The summed E-state index contributed by atoms with van der Waals surface area (Å²) in [7, 11) is 1.86. The van der Waals surface area contributed by atoms with E-state index >= 15 is 0 Å². The Hall–Kier alpha value is -3.07. The van der Waals surface area contributed by atoms with E-state index in [1.807, 2.05) is 80.7 Å². The van der Waals surface area contributed by atoms with Crippen molar-refractivity contribution < 1.29 is 4.79 Å². The summed E-state index contributed by atoms with van der Waals surface area (Å²) in [4.78, 5) is 15.2. The van der Waals surface area contributed by atoms with Crippen molar-refractivity contribution >= 4 is 17.3 Å². The monoisotopic (exact) mass is 342 g/mol. The topological polar surface area (TPSA) is 32.3 Å². The SMILES string of the molecule is CN1C(=O)C(C)(C(Nc2ccccc2)c2ccccc2)c2ccccc21. The van der Waals surface area contributed by atoms with Gasteiger partial charge in [-0.05, 0) is 36.2 Å². The first-order valence-electron chi connectivity index (χ1n) is 8.86. The molecule has 130 valence electrons. The Morgan fingerprint density at radius 3 is 2.12 bits per heavy atom.